The number of nitrogens with one attached hydrogen (secondary N) is 1. The molecule has 0 unspecified atom stereocenters. The Labute approximate surface area is 228 Å². The molecule has 3 heterocycles. The van der Waals surface area contributed by atoms with Crippen LogP contribution in [0.4, 0.5) is 17.2 Å². The van der Waals surface area contributed by atoms with E-state index < -0.39 is 0 Å². The van der Waals surface area contributed by atoms with E-state index in [2.05, 4.69) is 58.5 Å². The molecule has 0 radical (unpaired) electrons. The molecule has 1 aliphatic rings. The average Bonchev–Trinajstić information content (AvgIpc) is 2.91. The van der Waals surface area contributed by atoms with Crippen LogP contribution in [0.25, 0.3) is 10.8 Å². The van der Waals surface area contributed by atoms with E-state index in [0.29, 0.717) is 28.3 Å². The van der Waals surface area contributed by atoms with Crippen molar-refractivity contribution < 1.29 is 4.74 Å². The Morgan fingerprint density at radius 3 is 2.51 bits per heavy atom. The summed E-state index contributed by atoms with van der Waals surface area (Å²) in [5.41, 5.74) is 3.73. The number of aromatic nitrogens is 2. The largest absolute Gasteiger partial charge is 0.494 e. The highest BCUT2D eigenvalue weighted by Crippen LogP contribution is 2.35. The summed E-state index contributed by atoms with van der Waals surface area (Å²) in [6.07, 6.45) is 6.44. The summed E-state index contributed by atoms with van der Waals surface area (Å²) < 4.78 is 5.80. The molecule has 0 bridgehead atoms. The quantitative estimate of drug-likeness (QED) is 0.280. The van der Waals surface area contributed by atoms with Crippen LogP contribution in [0.15, 0.2) is 60.9 Å². The van der Waals surface area contributed by atoms with Crippen LogP contribution in [0.2, 0.25) is 10.0 Å². The second-order valence-electron chi connectivity index (χ2n) is 9.63. The minimum absolute atomic E-state index is 0.518. The number of nitrogens with zero attached hydrogens (tertiary/aromatic N) is 4. The van der Waals surface area contributed by atoms with Gasteiger partial charge in [0.1, 0.15) is 11.6 Å². The second kappa shape index (κ2) is 11.1. The molecule has 0 spiro atoms. The van der Waals surface area contributed by atoms with E-state index in [4.69, 9.17) is 32.9 Å². The number of ether oxygens (including phenoxy) is 1. The molecule has 192 valence electrons. The van der Waals surface area contributed by atoms with E-state index in [1.54, 1.807) is 13.3 Å². The van der Waals surface area contributed by atoms with Gasteiger partial charge in [-0.3, -0.25) is 4.98 Å². The number of hydrogen-bond acceptors (Lipinski definition) is 6. The second-order valence-corrected chi connectivity index (χ2v) is 10.4. The van der Waals surface area contributed by atoms with Crippen molar-refractivity contribution in [2.24, 2.45) is 0 Å². The van der Waals surface area contributed by atoms with Gasteiger partial charge in [0.05, 0.1) is 12.8 Å². The zero-order chi connectivity index (χ0) is 25.9. The van der Waals surface area contributed by atoms with E-state index in [-0.39, 0.29) is 0 Å². The van der Waals surface area contributed by atoms with Crippen molar-refractivity contribution in [3.8, 4) is 5.75 Å². The van der Waals surface area contributed by atoms with Gasteiger partial charge >= 0.3 is 0 Å². The van der Waals surface area contributed by atoms with Gasteiger partial charge in [-0.05, 0) is 74.3 Å². The molecular formula is C29H31Cl2N5O. The maximum absolute atomic E-state index is 6.45. The van der Waals surface area contributed by atoms with Crippen molar-refractivity contribution in [3.63, 3.8) is 0 Å². The third-order valence-corrected chi connectivity index (χ3v) is 7.81. The first kappa shape index (κ1) is 25.6. The van der Waals surface area contributed by atoms with Crippen LogP contribution in [0.5, 0.6) is 5.75 Å². The number of benzene rings is 2. The van der Waals surface area contributed by atoms with Crippen LogP contribution in [-0.4, -0.2) is 55.2 Å². The summed E-state index contributed by atoms with van der Waals surface area (Å²) in [6.45, 7) is 2.06. The Balaban J connectivity index is 1.44. The van der Waals surface area contributed by atoms with Crippen molar-refractivity contribution >= 4 is 51.2 Å². The van der Waals surface area contributed by atoms with Crippen molar-refractivity contribution in [1.29, 1.82) is 0 Å². The lowest BCUT2D eigenvalue weighted by Crippen LogP contribution is -2.41. The zero-order valence-corrected chi connectivity index (χ0v) is 22.9. The number of hydrogen-bond donors (Lipinski definition) is 1. The Kier molecular flexibility index (Phi) is 7.70. The van der Waals surface area contributed by atoms with Gasteiger partial charge in [0.25, 0.3) is 0 Å². The number of methoxy groups -OCH3 is 1. The van der Waals surface area contributed by atoms with Gasteiger partial charge < -0.3 is 19.9 Å². The number of piperidine rings is 1. The van der Waals surface area contributed by atoms with Gasteiger partial charge in [0.15, 0.2) is 0 Å². The van der Waals surface area contributed by atoms with Crippen LogP contribution in [0.3, 0.4) is 0 Å². The lowest BCUT2D eigenvalue weighted by molar-refractivity contribution is 0.249. The molecule has 4 aromatic rings. The number of halogens is 2. The summed E-state index contributed by atoms with van der Waals surface area (Å²) >= 11 is 12.9. The fourth-order valence-electron chi connectivity index (χ4n) is 4.96. The highest BCUT2D eigenvalue weighted by molar-refractivity contribution is 6.36. The molecule has 6 nitrogen and oxygen atoms in total. The van der Waals surface area contributed by atoms with Gasteiger partial charge in [0, 0.05) is 70.8 Å². The lowest BCUT2D eigenvalue weighted by Gasteiger charge is -2.36. The first-order valence-electron chi connectivity index (χ1n) is 12.5. The van der Waals surface area contributed by atoms with Crippen molar-refractivity contribution in [2.45, 2.75) is 25.3 Å². The fourth-order valence-corrected chi connectivity index (χ4v) is 5.49. The van der Waals surface area contributed by atoms with Crippen LogP contribution < -0.4 is 15.0 Å². The Morgan fingerprint density at radius 1 is 1.05 bits per heavy atom. The molecule has 37 heavy (non-hydrogen) atoms. The van der Waals surface area contributed by atoms with Crippen molar-refractivity contribution in [1.82, 2.24) is 14.9 Å². The summed E-state index contributed by atoms with van der Waals surface area (Å²) in [4.78, 5) is 14.0. The van der Waals surface area contributed by atoms with E-state index >= 15 is 0 Å². The summed E-state index contributed by atoms with van der Waals surface area (Å²) in [7, 11) is 6.02. The Morgan fingerprint density at radius 2 is 1.81 bits per heavy atom. The van der Waals surface area contributed by atoms with Crippen LogP contribution in [0.1, 0.15) is 24.1 Å². The average molecular weight is 537 g/mol. The first-order chi connectivity index (χ1) is 17.9. The molecule has 1 saturated heterocycles. The third kappa shape index (κ3) is 5.61. The molecule has 1 aliphatic heterocycles. The van der Waals surface area contributed by atoms with Gasteiger partial charge in [-0.25, -0.2) is 4.98 Å². The van der Waals surface area contributed by atoms with E-state index in [1.165, 1.54) is 5.69 Å². The minimum Gasteiger partial charge on any atom is -0.494 e. The SMILES string of the molecule is COc1cc(N2CCC(N(C)C)CC2)ccc1Nc1nc(Cc2c(Cl)cccc2Cl)cc2ccncc12. The van der Waals surface area contributed by atoms with E-state index in [1.807, 2.05) is 30.5 Å². The molecule has 8 heteroatoms. The summed E-state index contributed by atoms with van der Waals surface area (Å²) in [5.74, 6) is 1.48. The number of anilines is 3. The maximum Gasteiger partial charge on any atom is 0.144 e. The maximum atomic E-state index is 6.45. The lowest BCUT2D eigenvalue weighted by atomic mass is 10.0. The summed E-state index contributed by atoms with van der Waals surface area (Å²) in [5, 5.41) is 6.72. The molecule has 0 atom stereocenters. The Hall–Kier alpha value is -3.06. The van der Waals surface area contributed by atoms with Crippen LogP contribution in [-0.2, 0) is 6.42 Å². The van der Waals surface area contributed by atoms with Gasteiger partial charge in [-0.1, -0.05) is 29.3 Å². The molecule has 1 fully saturated rings. The van der Waals surface area contributed by atoms with Crippen molar-refractivity contribution in [2.75, 3.05) is 44.5 Å². The standard InChI is InChI=1S/C29H31Cl2N5O/c1-35(2)21-10-13-36(14-11-21)22-7-8-27(28(17-22)37-3)34-29-24-18-32-12-9-19(24)15-20(33-29)16-23-25(30)5-4-6-26(23)31/h4-9,12,15,17-18,21H,10-11,13-14,16H2,1-3H3,(H,33,34). The molecule has 5 rings (SSSR count). The van der Waals surface area contributed by atoms with Gasteiger partial charge in [-0.15, -0.1) is 0 Å². The summed E-state index contributed by atoms with van der Waals surface area (Å²) in [6, 6.07) is 16.5. The predicted octanol–water partition coefficient (Wildman–Crippen LogP) is 6.81. The van der Waals surface area contributed by atoms with Gasteiger partial charge in [-0.2, -0.15) is 0 Å². The molecule has 2 aromatic carbocycles. The van der Waals surface area contributed by atoms with E-state index in [9.17, 15) is 0 Å². The van der Waals surface area contributed by atoms with Gasteiger partial charge in [0.2, 0.25) is 0 Å². The molecule has 2 aromatic heterocycles. The number of rotatable bonds is 7. The topological polar surface area (TPSA) is 53.5 Å². The Bertz CT molecular complexity index is 1380. The monoisotopic (exact) mass is 535 g/mol. The highest BCUT2D eigenvalue weighted by atomic mass is 35.5. The molecule has 0 saturated carbocycles. The minimum atomic E-state index is 0.518. The molecule has 0 aliphatic carbocycles. The first-order valence-corrected chi connectivity index (χ1v) is 13.2. The van der Waals surface area contributed by atoms with Crippen LogP contribution in [0, 0.1) is 0 Å². The van der Waals surface area contributed by atoms with Crippen molar-refractivity contribution in [3.05, 3.63) is 82.2 Å². The van der Waals surface area contributed by atoms with E-state index in [0.717, 1.165) is 59.4 Å². The molecule has 1 N–H and O–H groups in total. The normalized spacial score (nSPS) is 14.4. The smallest absolute Gasteiger partial charge is 0.144 e. The molecular weight excluding hydrogens is 505 g/mol. The highest BCUT2D eigenvalue weighted by Gasteiger charge is 2.22. The van der Waals surface area contributed by atoms with Crippen LogP contribution >= 0.6 is 23.2 Å². The number of fused-ring (bicyclic) bond motifs is 1. The predicted molar refractivity (Wildman–Crippen MR) is 154 cm³/mol. The number of pyridine rings is 2. The third-order valence-electron chi connectivity index (χ3n) is 7.11. The fraction of sp³-hybridized carbons (Fsp3) is 0.310. The molecule has 0 amide bonds. The zero-order valence-electron chi connectivity index (χ0n) is 21.3.